The third kappa shape index (κ3) is 7.60. The Hall–Kier alpha value is -2.29. The van der Waals surface area contributed by atoms with Crippen molar-refractivity contribution in [1.29, 1.82) is 0 Å². The molecule has 2 aromatic carbocycles. The Morgan fingerprint density at radius 1 is 0.972 bits per heavy atom. The zero-order valence-electron chi connectivity index (χ0n) is 21.6. The van der Waals surface area contributed by atoms with Crippen molar-refractivity contribution in [1.82, 2.24) is 10.2 Å². The molecular weight excluding hydrogens is 521 g/mol. The number of nitrogens with one attached hydrogen (secondary N) is 1. The third-order valence-corrected chi connectivity index (χ3v) is 7.55. The number of nitrogens with zero attached hydrogens (tertiary/aromatic N) is 2. The van der Waals surface area contributed by atoms with Gasteiger partial charge in [-0.25, -0.2) is 8.42 Å². The van der Waals surface area contributed by atoms with Crippen LogP contribution in [0.3, 0.4) is 0 Å². The molecule has 0 unspecified atom stereocenters. The highest BCUT2D eigenvalue weighted by Crippen LogP contribution is 2.30. The molecule has 36 heavy (non-hydrogen) atoms. The molecular formula is C26H35Cl2N3O4S. The molecule has 10 heteroatoms. The molecule has 7 nitrogen and oxygen atoms in total. The topological polar surface area (TPSA) is 86.8 Å². The van der Waals surface area contributed by atoms with Crippen LogP contribution in [0.2, 0.25) is 10.0 Å². The van der Waals surface area contributed by atoms with Gasteiger partial charge in [0.1, 0.15) is 12.6 Å². The SMILES string of the molecule is CC[C@@H](C(=O)NC(C)C)N(Cc1c(Cl)cccc1Cl)C(=O)CN(c1ccccc1C(C)C)S(C)(=O)=O. The van der Waals surface area contributed by atoms with E-state index in [2.05, 4.69) is 5.32 Å². The fraction of sp³-hybridized carbons (Fsp3) is 0.462. The normalized spacial score (nSPS) is 12.5. The summed E-state index contributed by atoms with van der Waals surface area (Å²) in [6.07, 6.45) is 1.38. The summed E-state index contributed by atoms with van der Waals surface area (Å²) in [6, 6.07) is 11.1. The average molecular weight is 557 g/mol. The molecule has 0 saturated heterocycles. The number of amides is 2. The van der Waals surface area contributed by atoms with Crippen molar-refractivity contribution in [3.05, 3.63) is 63.6 Å². The monoisotopic (exact) mass is 555 g/mol. The van der Waals surface area contributed by atoms with Gasteiger partial charge in [-0.2, -0.15) is 0 Å². The van der Waals surface area contributed by atoms with Crippen LogP contribution in [-0.4, -0.2) is 50.0 Å². The molecule has 0 radical (unpaired) electrons. The van der Waals surface area contributed by atoms with Gasteiger partial charge in [-0.15, -0.1) is 0 Å². The summed E-state index contributed by atoms with van der Waals surface area (Å²) in [5.74, 6) is -0.850. The van der Waals surface area contributed by atoms with E-state index in [9.17, 15) is 18.0 Å². The van der Waals surface area contributed by atoms with Crippen LogP contribution in [0.1, 0.15) is 58.1 Å². The molecule has 0 aliphatic heterocycles. The lowest BCUT2D eigenvalue weighted by atomic mass is 10.0. The number of sulfonamides is 1. The number of hydrogen-bond acceptors (Lipinski definition) is 4. The van der Waals surface area contributed by atoms with Crippen molar-refractivity contribution >= 4 is 50.7 Å². The Morgan fingerprint density at radius 2 is 1.56 bits per heavy atom. The second kappa shape index (κ2) is 12.8. The second-order valence-electron chi connectivity index (χ2n) is 9.29. The lowest BCUT2D eigenvalue weighted by Crippen LogP contribution is -2.53. The van der Waals surface area contributed by atoms with Crippen LogP contribution in [-0.2, 0) is 26.2 Å². The first-order valence-corrected chi connectivity index (χ1v) is 14.5. The number of hydrogen-bond donors (Lipinski definition) is 1. The Morgan fingerprint density at radius 3 is 2.06 bits per heavy atom. The molecule has 1 N–H and O–H groups in total. The van der Waals surface area contributed by atoms with Gasteiger partial charge in [-0.05, 0) is 49.9 Å². The molecule has 0 saturated carbocycles. The molecule has 0 bridgehead atoms. The van der Waals surface area contributed by atoms with E-state index < -0.39 is 28.5 Å². The first kappa shape index (κ1) is 29.9. The predicted octanol–water partition coefficient (Wildman–Crippen LogP) is 5.21. The van der Waals surface area contributed by atoms with Crippen LogP contribution in [0.15, 0.2) is 42.5 Å². The van der Waals surface area contributed by atoms with E-state index in [1.807, 2.05) is 39.8 Å². The standard InChI is InChI=1S/C26H35Cl2N3O4S/c1-7-23(26(33)29-18(4)5)30(15-20-21(27)12-10-13-22(20)28)25(32)16-31(36(6,34)35)24-14-9-8-11-19(24)17(2)3/h8-14,17-18,23H,7,15-16H2,1-6H3,(H,29,33)/t23-/m0/s1. The third-order valence-electron chi connectivity index (χ3n) is 5.71. The maximum atomic E-state index is 13.8. The van der Waals surface area contributed by atoms with Crippen LogP contribution >= 0.6 is 23.2 Å². The van der Waals surface area contributed by atoms with Crippen LogP contribution in [0, 0.1) is 0 Å². The maximum absolute atomic E-state index is 13.8. The highest BCUT2D eigenvalue weighted by Gasteiger charge is 2.33. The van der Waals surface area contributed by atoms with E-state index in [1.165, 1.54) is 4.90 Å². The molecule has 2 aromatic rings. The van der Waals surface area contributed by atoms with Crippen molar-refractivity contribution in [3.63, 3.8) is 0 Å². The Kier molecular flexibility index (Phi) is 10.6. The summed E-state index contributed by atoms with van der Waals surface area (Å²) in [5, 5.41) is 3.56. The van der Waals surface area contributed by atoms with Gasteiger partial charge in [0.25, 0.3) is 0 Å². The Labute approximate surface area is 224 Å². The molecule has 1 atom stereocenters. The van der Waals surface area contributed by atoms with Gasteiger partial charge >= 0.3 is 0 Å². The number of carbonyl (C=O) groups excluding carboxylic acids is 2. The second-order valence-corrected chi connectivity index (χ2v) is 12.0. The minimum Gasteiger partial charge on any atom is -0.352 e. The number of halogens is 2. The minimum atomic E-state index is -3.83. The smallest absolute Gasteiger partial charge is 0.244 e. The molecule has 0 aliphatic rings. The van der Waals surface area contributed by atoms with Crippen molar-refractivity contribution in [2.75, 3.05) is 17.1 Å². The molecule has 2 amide bonds. The van der Waals surface area contributed by atoms with E-state index >= 15 is 0 Å². The van der Waals surface area contributed by atoms with E-state index in [-0.39, 0.29) is 24.4 Å². The lowest BCUT2D eigenvalue weighted by molar-refractivity contribution is -0.140. The average Bonchev–Trinajstić information content (AvgIpc) is 2.77. The summed E-state index contributed by atoms with van der Waals surface area (Å²) in [4.78, 5) is 28.3. The fourth-order valence-electron chi connectivity index (χ4n) is 3.95. The van der Waals surface area contributed by atoms with E-state index in [0.29, 0.717) is 27.7 Å². The molecule has 0 aliphatic carbocycles. The van der Waals surface area contributed by atoms with E-state index in [0.717, 1.165) is 16.1 Å². The van der Waals surface area contributed by atoms with Gasteiger partial charge in [-0.1, -0.05) is 68.2 Å². The van der Waals surface area contributed by atoms with Crippen LogP contribution in [0.5, 0.6) is 0 Å². The number of carbonyl (C=O) groups is 2. The molecule has 0 aromatic heterocycles. The predicted molar refractivity (Wildman–Crippen MR) is 147 cm³/mol. The van der Waals surface area contributed by atoms with Gasteiger partial charge in [0, 0.05) is 28.2 Å². The van der Waals surface area contributed by atoms with Gasteiger partial charge in [0.05, 0.1) is 11.9 Å². The van der Waals surface area contributed by atoms with Crippen molar-refractivity contribution in [2.24, 2.45) is 0 Å². The highest BCUT2D eigenvalue weighted by atomic mass is 35.5. The van der Waals surface area contributed by atoms with Crippen molar-refractivity contribution < 1.29 is 18.0 Å². The van der Waals surface area contributed by atoms with Crippen molar-refractivity contribution in [3.8, 4) is 0 Å². The molecule has 0 spiro atoms. The zero-order chi connectivity index (χ0) is 27.2. The summed E-state index contributed by atoms with van der Waals surface area (Å²) in [6.45, 7) is 8.83. The van der Waals surface area contributed by atoms with Gasteiger partial charge in [-0.3, -0.25) is 13.9 Å². The van der Waals surface area contributed by atoms with Crippen molar-refractivity contribution in [2.45, 2.75) is 65.6 Å². The quantitative estimate of drug-likeness (QED) is 0.412. The number of para-hydroxylation sites is 1. The minimum absolute atomic E-state index is 0.0267. The summed E-state index contributed by atoms with van der Waals surface area (Å²) in [7, 11) is -3.83. The first-order valence-electron chi connectivity index (χ1n) is 11.9. The number of rotatable bonds is 11. The van der Waals surface area contributed by atoms with Crippen LogP contribution in [0.25, 0.3) is 0 Å². The zero-order valence-corrected chi connectivity index (χ0v) is 23.9. The van der Waals surface area contributed by atoms with E-state index in [4.69, 9.17) is 23.2 Å². The van der Waals surface area contributed by atoms with Gasteiger partial charge in [0.2, 0.25) is 21.8 Å². The number of benzene rings is 2. The summed E-state index contributed by atoms with van der Waals surface area (Å²) in [5.41, 5.74) is 1.71. The fourth-order valence-corrected chi connectivity index (χ4v) is 5.34. The molecule has 198 valence electrons. The molecule has 2 rings (SSSR count). The summed E-state index contributed by atoms with van der Waals surface area (Å²) < 4.78 is 26.9. The highest BCUT2D eigenvalue weighted by molar-refractivity contribution is 7.92. The van der Waals surface area contributed by atoms with Gasteiger partial charge in [0.15, 0.2) is 0 Å². The molecule has 0 heterocycles. The molecule has 0 fully saturated rings. The summed E-state index contributed by atoms with van der Waals surface area (Å²) >= 11 is 12.8. The maximum Gasteiger partial charge on any atom is 0.244 e. The Bertz CT molecular complexity index is 1170. The largest absolute Gasteiger partial charge is 0.352 e. The van der Waals surface area contributed by atoms with Crippen LogP contribution in [0.4, 0.5) is 5.69 Å². The number of anilines is 1. The van der Waals surface area contributed by atoms with E-state index in [1.54, 1.807) is 37.3 Å². The lowest BCUT2D eigenvalue weighted by Gasteiger charge is -2.34. The Balaban J connectivity index is 2.57. The first-order chi connectivity index (χ1) is 16.8. The van der Waals surface area contributed by atoms with Gasteiger partial charge < -0.3 is 10.2 Å². The van der Waals surface area contributed by atoms with Crippen LogP contribution < -0.4 is 9.62 Å².